The number of carbonyl (C=O) groups is 1. The second-order valence-corrected chi connectivity index (χ2v) is 9.95. The number of β-amino-alcohol motifs (C(OH)–C–C–N with tert-alkyl or cyclic N) is 1. The molecule has 0 aliphatic carbocycles. The predicted octanol–water partition coefficient (Wildman–Crippen LogP) is 5.73. The van der Waals surface area contributed by atoms with E-state index >= 15 is 0 Å². The van der Waals surface area contributed by atoms with E-state index in [4.69, 9.17) is 21.4 Å². The Morgan fingerprint density at radius 1 is 1.31 bits per heavy atom. The highest BCUT2D eigenvalue weighted by atomic mass is 35.5. The van der Waals surface area contributed by atoms with Crippen LogP contribution in [0.2, 0.25) is 5.02 Å². The minimum atomic E-state index is -0.868. The van der Waals surface area contributed by atoms with E-state index in [1.807, 2.05) is 24.3 Å². The summed E-state index contributed by atoms with van der Waals surface area (Å²) in [5, 5.41) is 20.5. The third-order valence-corrected chi connectivity index (χ3v) is 7.14. The fourth-order valence-electron chi connectivity index (χ4n) is 4.92. The summed E-state index contributed by atoms with van der Waals surface area (Å²) in [5.41, 5.74) is 3.33. The zero-order valence-electron chi connectivity index (χ0n) is 20.7. The van der Waals surface area contributed by atoms with Gasteiger partial charge in [0.2, 0.25) is 0 Å². The van der Waals surface area contributed by atoms with Gasteiger partial charge in [0.05, 0.1) is 18.8 Å². The van der Waals surface area contributed by atoms with Gasteiger partial charge in [-0.15, -0.1) is 0 Å². The van der Waals surface area contributed by atoms with E-state index < -0.39 is 12.1 Å². The molecule has 0 radical (unpaired) electrons. The molecular formula is C28H37ClFNO4. The quantitative estimate of drug-likeness (QED) is 0.364. The molecule has 1 heterocycles. The van der Waals surface area contributed by atoms with Crippen LogP contribution in [0.15, 0.2) is 36.4 Å². The maximum absolute atomic E-state index is 14.0. The van der Waals surface area contributed by atoms with Crippen LogP contribution >= 0.6 is 11.6 Å². The number of benzene rings is 2. The summed E-state index contributed by atoms with van der Waals surface area (Å²) in [7, 11) is 0. The molecule has 2 aromatic carbocycles. The molecule has 0 aromatic heterocycles. The van der Waals surface area contributed by atoms with Crippen LogP contribution < -0.4 is 0 Å². The second kappa shape index (κ2) is 13.4. The van der Waals surface area contributed by atoms with Gasteiger partial charge in [0.25, 0.3) is 0 Å². The van der Waals surface area contributed by atoms with Gasteiger partial charge >= 0.3 is 5.97 Å². The van der Waals surface area contributed by atoms with Gasteiger partial charge < -0.3 is 14.9 Å². The lowest BCUT2D eigenvalue weighted by atomic mass is 9.96. The number of hydrogen-bond donors (Lipinski definition) is 2. The van der Waals surface area contributed by atoms with Crippen molar-refractivity contribution < 1.29 is 24.1 Å². The van der Waals surface area contributed by atoms with Crippen molar-refractivity contribution in [3.05, 3.63) is 69.5 Å². The Morgan fingerprint density at radius 2 is 2.11 bits per heavy atom. The summed E-state index contributed by atoms with van der Waals surface area (Å²) >= 11 is 6.41. The topological polar surface area (TPSA) is 70.0 Å². The van der Waals surface area contributed by atoms with E-state index in [0.717, 1.165) is 55.3 Å². The largest absolute Gasteiger partial charge is 0.481 e. The minimum Gasteiger partial charge on any atom is -0.481 e. The van der Waals surface area contributed by atoms with E-state index in [1.165, 1.54) is 0 Å². The number of aryl methyl sites for hydroxylation is 1. The molecule has 3 rings (SSSR count). The van der Waals surface area contributed by atoms with Crippen LogP contribution in [0.4, 0.5) is 4.39 Å². The summed E-state index contributed by atoms with van der Waals surface area (Å²) in [6.45, 7) is 5.41. The number of carboxylic acids is 1. The van der Waals surface area contributed by atoms with Crippen LogP contribution in [0, 0.1) is 12.7 Å². The molecule has 1 fully saturated rings. The highest BCUT2D eigenvalue weighted by Crippen LogP contribution is 2.32. The van der Waals surface area contributed by atoms with Gasteiger partial charge in [0.15, 0.2) is 0 Å². The lowest BCUT2D eigenvalue weighted by Crippen LogP contribution is -2.39. The molecule has 35 heavy (non-hydrogen) atoms. The Bertz CT molecular complexity index is 985. The van der Waals surface area contributed by atoms with E-state index in [1.54, 1.807) is 19.1 Å². The van der Waals surface area contributed by atoms with E-state index in [-0.39, 0.29) is 31.0 Å². The van der Waals surface area contributed by atoms with Crippen molar-refractivity contribution in [2.75, 3.05) is 19.7 Å². The number of aliphatic hydroxyl groups is 1. The number of halogens is 2. The van der Waals surface area contributed by atoms with Gasteiger partial charge in [-0.25, -0.2) is 4.39 Å². The summed E-state index contributed by atoms with van der Waals surface area (Å²) in [5.74, 6) is -1.04. The van der Waals surface area contributed by atoms with E-state index in [0.29, 0.717) is 23.6 Å². The third-order valence-electron chi connectivity index (χ3n) is 6.78. The Morgan fingerprint density at radius 3 is 2.83 bits per heavy atom. The molecule has 0 amide bonds. The number of likely N-dealkylation sites (tertiary alicyclic amines) is 1. The van der Waals surface area contributed by atoms with E-state index in [9.17, 15) is 14.3 Å². The summed E-state index contributed by atoms with van der Waals surface area (Å²) in [6.07, 6.45) is 3.89. The molecule has 5 nitrogen and oxygen atoms in total. The lowest BCUT2D eigenvalue weighted by molar-refractivity contribution is -0.136. The standard InChI is InChI=1S/C28H37ClFNO4/c1-3-6-27(24-8-4-9-25(29)23(24)12-13-28(33)34)35-18-22(32)17-31-14-5-7-21(31)15-20-11-10-19(2)26(30)16-20/h4,8-11,16,21-22,27,32H,3,5-7,12-15,17-18H2,1-2H3,(H,33,34)/t21-,22+,27+/m0/s1. The van der Waals surface area contributed by atoms with Crippen molar-refractivity contribution in [3.63, 3.8) is 0 Å². The lowest BCUT2D eigenvalue weighted by Gasteiger charge is -2.28. The van der Waals surface area contributed by atoms with Crippen LogP contribution in [-0.2, 0) is 22.4 Å². The Labute approximate surface area is 212 Å². The molecule has 1 aliphatic rings. The molecule has 0 saturated carbocycles. The number of ether oxygens (including phenoxy) is 1. The van der Waals surface area contributed by atoms with Gasteiger partial charge in [-0.1, -0.05) is 49.2 Å². The van der Waals surface area contributed by atoms with Gasteiger partial charge in [0.1, 0.15) is 5.82 Å². The zero-order valence-corrected chi connectivity index (χ0v) is 21.4. The molecule has 2 N–H and O–H groups in total. The number of aliphatic hydroxyl groups excluding tert-OH is 1. The smallest absolute Gasteiger partial charge is 0.303 e. The molecule has 0 bridgehead atoms. The molecule has 2 aromatic rings. The van der Waals surface area contributed by atoms with Crippen molar-refractivity contribution >= 4 is 17.6 Å². The molecule has 3 atom stereocenters. The normalized spacial score (nSPS) is 18.0. The van der Waals surface area contributed by atoms with Crippen molar-refractivity contribution in [2.24, 2.45) is 0 Å². The monoisotopic (exact) mass is 505 g/mol. The zero-order chi connectivity index (χ0) is 25.4. The minimum absolute atomic E-state index is 0.000561. The Hall–Kier alpha value is -1.99. The van der Waals surface area contributed by atoms with E-state index in [2.05, 4.69) is 11.8 Å². The molecular weight excluding hydrogens is 469 g/mol. The summed E-state index contributed by atoms with van der Waals surface area (Å²) < 4.78 is 20.2. The van der Waals surface area contributed by atoms with Crippen molar-refractivity contribution in [1.29, 1.82) is 0 Å². The van der Waals surface area contributed by atoms with Crippen molar-refractivity contribution in [3.8, 4) is 0 Å². The average Bonchev–Trinajstić information content (AvgIpc) is 3.24. The number of carboxylic acid groups (broad SMARTS) is 1. The van der Waals surface area contributed by atoms with Gasteiger partial charge in [0, 0.05) is 24.0 Å². The molecule has 0 spiro atoms. The molecule has 192 valence electrons. The molecule has 0 unspecified atom stereocenters. The highest BCUT2D eigenvalue weighted by Gasteiger charge is 2.27. The van der Waals surface area contributed by atoms with Gasteiger partial charge in [-0.2, -0.15) is 0 Å². The SMILES string of the molecule is CCC[C@@H](OC[C@H](O)CN1CCC[C@H]1Cc1ccc(C)c(F)c1)c1cccc(Cl)c1CCC(=O)O. The van der Waals surface area contributed by atoms with Gasteiger partial charge in [-0.3, -0.25) is 9.69 Å². The molecule has 7 heteroatoms. The van der Waals surface area contributed by atoms with Crippen LogP contribution in [0.25, 0.3) is 0 Å². The molecule has 1 saturated heterocycles. The second-order valence-electron chi connectivity index (χ2n) is 9.54. The number of aliphatic carboxylic acids is 1. The van der Waals surface area contributed by atoms with Gasteiger partial charge in [-0.05, 0) is 80.0 Å². The first-order valence-electron chi connectivity index (χ1n) is 12.6. The average molecular weight is 506 g/mol. The number of hydrogen-bond acceptors (Lipinski definition) is 4. The Balaban J connectivity index is 1.60. The fraction of sp³-hybridized carbons (Fsp3) is 0.536. The van der Waals surface area contributed by atoms with Crippen LogP contribution in [0.3, 0.4) is 0 Å². The highest BCUT2D eigenvalue weighted by molar-refractivity contribution is 6.31. The number of rotatable bonds is 13. The van der Waals surface area contributed by atoms with Crippen LogP contribution in [0.1, 0.15) is 67.4 Å². The van der Waals surface area contributed by atoms with Crippen LogP contribution in [-0.4, -0.2) is 52.9 Å². The summed E-state index contributed by atoms with van der Waals surface area (Å²) in [6, 6.07) is 11.3. The van der Waals surface area contributed by atoms with Crippen molar-refractivity contribution in [2.45, 2.75) is 77.0 Å². The first-order valence-corrected chi connectivity index (χ1v) is 12.9. The first kappa shape index (κ1) is 27.6. The summed E-state index contributed by atoms with van der Waals surface area (Å²) in [4.78, 5) is 13.4. The molecule has 1 aliphatic heterocycles. The maximum Gasteiger partial charge on any atom is 0.303 e. The number of nitrogens with zero attached hydrogens (tertiary/aromatic N) is 1. The third kappa shape index (κ3) is 8.01. The fourth-order valence-corrected chi connectivity index (χ4v) is 5.19. The van der Waals surface area contributed by atoms with Crippen LogP contribution in [0.5, 0.6) is 0 Å². The first-order chi connectivity index (χ1) is 16.8. The predicted molar refractivity (Wildman–Crippen MR) is 136 cm³/mol. The Kier molecular flexibility index (Phi) is 10.5. The maximum atomic E-state index is 14.0. The van der Waals surface area contributed by atoms with Crippen molar-refractivity contribution in [1.82, 2.24) is 4.90 Å².